The Morgan fingerprint density at radius 3 is 2.78 bits per heavy atom. The number of hydrogen-bond acceptors (Lipinski definition) is 8. The van der Waals surface area contributed by atoms with Gasteiger partial charge in [0.15, 0.2) is 5.78 Å². The summed E-state index contributed by atoms with van der Waals surface area (Å²) in [6.45, 7) is 4.61. The number of esters is 1. The minimum absolute atomic E-state index is 0.189. The minimum Gasteiger partial charge on any atom is -0.497 e. The van der Waals surface area contributed by atoms with Crippen LogP contribution in [-0.2, 0) is 17.8 Å². The van der Waals surface area contributed by atoms with Crippen molar-refractivity contribution in [1.82, 2.24) is 19.4 Å². The Bertz CT molecular complexity index is 1400. The first-order chi connectivity index (χ1) is 17.5. The number of aromatic nitrogens is 3. The zero-order valence-corrected chi connectivity index (χ0v) is 20.7. The summed E-state index contributed by atoms with van der Waals surface area (Å²) >= 11 is 0. The Labute approximate surface area is 208 Å². The summed E-state index contributed by atoms with van der Waals surface area (Å²) in [5.74, 6) is 6.14. The zero-order valence-electron chi connectivity index (χ0n) is 20.7. The molecule has 1 aromatic carbocycles. The van der Waals surface area contributed by atoms with Gasteiger partial charge in [-0.15, -0.1) is 5.92 Å². The third-order valence-corrected chi connectivity index (χ3v) is 6.15. The largest absolute Gasteiger partial charge is 0.497 e. The first-order valence-electron chi connectivity index (χ1n) is 11.7. The molecule has 188 valence electrons. The maximum Gasteiger partial charge on any atom is 0.343 e. The molecule has 10 heteroatoms. The number of ether oxygens (including phenoxy) is 2. The summed E-state index contributed by atoms with van der Waals surface area (Å²) in [5, 5.41) is 3.35. The van der Waals surface area contributed by atoms with Gasteiger partial charge in [-0.1, -0.05) is 18.1 Å². The van der Waals surface area contributed by atoms with Crippen LogP contribution in [0.2, 0.25) is 0 Å². The maximum absolute atomic E-state index is 13.7. The minimum atomic E-state index is -0.576. The lowest BCUT2D eigenvalue weighted by atomic mass is 10.1. The summed E-state index contributed by atoms with van der Waals surface area (Å²) in [4.78, 5) is 46.2. The Kier molecular flexibility index (Phi) is 7.71. The number of anilines is 1. The van der Waals surface area contributed by atoms with E-state index in [9.17, 15) is 14.4 Å². The normalized spacial score (nSPS) is 13.6. The molecule has 10 nitrogen and oxygen atoms in total. The number of benzene rings is 1. The summed E-state index contributed by atoms with van der Waals surface area (Å²) in [7, 11) is 2.83. The number of carbonyl (C=O) groups excluding carboxylic acids is 2. The van der Waals surface area contributed by atoms with E-state index in [1.165, 1.54) is 25.1 Å². The van der Waals surface area contributed by atoms with E-state index in [0.717, 1.165) is 19.5 Å². The number of nitrogens with one attached hydrogen (secondary N) is 1. The van der Waals surface area contributed by atoms with E-state index in [1.54, 1.807) is 35.8 Å². The topological polar surface area (TPSA) is 108 Å². The van der Waals surface area contributed by atoms with Crippen LogP contribution in [0.5, 0.6) is 5.75 Å². The summed E-state index contributed by atoms with van der Waals surface area (Å²) in [5.41, 5.74) is 0.670. The van der Waals surface area contributed by atoms with E-state index in [0.29, 0.717) is 30.2 Å². The summed E-state index contributed by atoms with van der Waals surface area (Å²) in [6.07, 6.45) is 2.17. The highest BCUT2D eigenvalue weighted by Gasteiger charge is 2.30. The lowest BCUT2D eigenvalue weighted by Crippen LogP contribution is -2.31. The third-order valence-electron chi connectivity index (χ3n) is 6.15. The molecule has 3 heterocycles. The lowest BCUT2D eigenvalue weighted by molar-refractivity contribution is 0.0603. The predicted molar refractivity (Wildman–Crippen MR) is 136 cm³/mol. The van der Waals surface area contributed by atoms with Gasteiger partial charge in [-0.05, 0) is 32.0 Å². The molecule has 0 amide bonds. The summed E-state index contributed by atoms with van der Waals surface area (Å²) < 4.78 is 13.3. The fourth-order valence-corrected chi connectivity index (χ4v) is 4.39. The van der Waals surface area contributed by atoms with E-state index < -0.39 is 11.5 Å². The van der Waals surface area contributed by atoms with Crippen molar-refractivity contribution in [2.24, 2.45) is 0 Å². The second-order valence-corrected chi connectivity index (χ2v) is 8.32. The van der Waals surface area contributed by atoms with Gasteiger partial charge in [-0.2, -0.15) is 0 Å². The van der Waals surface area contributed by atoms with Crippen molar-refractivity contribution in [1.29, 1.82) is 0 Å². The predicted octanol–water partition coefficient (Wildman–Crippen LogP) is 1.70. The van der Waals surface area contributed by atoms with Crippen molar-refractivity contribution >= 4 is 28.6 Å². The third kappa shape index (κ3) is 4.83. The first-order valence-corrected chi connectivity index (χ1v) is 11.7. The second-order valence-electron chi connectivity index (χ2n) is 8.32. The highest BCUT2D eigenvalue weighted by molar-refractivity contribution is 6.08. The van der Waals surface area contributed by atoms with Gasteiger partial charge in [0.2, 0.25) is 0 Å². The average molecular weight is 492 g/mol. The van der Waals surface area contributed by atoms with Gasteiger partial charge in [0.1, 0.15) is 28.2 Å². The van der Waals surface area contributed by atoms with Gasteiger partial charge in [-0.3, -0.25) is 14.2 Å². The number of nitrogens with zero attached hydrogens (tertiary/aromatic N) is 4. The maximum atomic E-state index is 13.7. The highest BCUT2D eigenvalue weighted by atomic mass is 16.5. The zero-order chi connectivity index (χ0) is 25.7. The van der Waals surface area contributed by atoms with Crippen molar-refractivity contribution in [3.05, 3.63) is 52.1 Å². The molecule has 1 saturated heterocycles. The molecule has 0 unspecified atom stereocenters. The Hall–Kier alpha value is -4.10. The van der Waals surface area contributed by atoms with E-state index in [2.05, 4.69) is 27.0 Å². The number of methoxy groups -OCH3 is 2. The molecule has 0 bridgehead atoms. The van der Waals surface area contributed by atoms with E-state index in [1.807, 2.05) is 0 Å². The molecule has 3 aromatic rings. The van der Waals surface area contributed by atoms with Crippen LogP contribution in [0.3, 0.4) is 0 Å². The molecule has 1 aliphatic heterocycles. The first kappa shape index (κ1) is 25.0. The van der Waals surface area contributed by atoms with Crippen LogP contribution in [0.4, 0.5) is 5.82 Å². The molecular weight excluding hydrogens is 462 g/mol. The molecule has 1 fully saturated rings. The fourth-order valence-electron chi connectivity index (χ4n) is 4.39. The Morgan fingerprint density at radius 1 is 1.19 bits per heavy atom. The van der Waals surface area contributed by atoms with E-state index in [-0.39, 0.29) is 35.5 Å². The van der Waals surface area contributed by atoms with Gasteiger partial charge >= 0.3 is 5.97 Å². The monoisotopic (exact) mass is 491 g/mol. The van der Waals surface area contributed by atoms with Crippen molar-refractivity contribution < 1.29 is 19.1 Å². The second kappa shape index (κ2) is 11.1. The van der Waals surface area contributed by atoms with Crippen LogP contribution in [0.1, 0.15) is 34.1 Å². The molecule has 0 radical (unpaired) electrons. The van der Waals surface area contributed by atoms with E-state index in [4.69, 9.17) is 9.47 Å². The van der Waals surface area contributed by atoms with E-state index >= 15 is 0 Å². The van der Waals surface area contributed by atoms with Crippen molar-refractivity contribution in [2.45, 2.75) is 26.4 Å². The van der Waals surface area contributed by atoms with Crippen molar-refractivity contribution in [3.63, 3.8) is 0 Å². The fraction of sp³-hybridized carbons (Fsp3) is 0.385. The SMILES string of the molecule is CC#CCn1c(N2CCCNCC2)c(C(=O)OC)c2ncn(CC(=O)c3cccc(OC)c3)c(=O)c21. The molecule has 1 aliphatic rings. The molecular formula is C26H29N5O5. The van der Waals surface area contributed by atoms with Gasteiger partial charge in [-0.25, -0.2) is 9.78 Å². The van der Waals surface area contributed by atoms with Gasteiger partial charge in [0.05, 0.1) is 33.6 Å². The van der Waals surface area contributed by atoms with Crippen molar-refractivity contribution in [2.75, 3.05) is 45.3 Å². The van der Waals surface area contributed by atoms with Crippen LogP contribution in [0, 0.1) is 11.8 Å². The number of Topliss-reactive ketones (excluding diaryl/α,β-unsaturated/α-hetero) is 1. The molecule has 0 saturated carbocycles. The summed E-state index contributed by atoms with van der Waals surface area (Å²) in [6, 6.07) is 6.75. The molecule has 2 aromatic heterocycles. The Balaban J connectivity index is 1.88. The van der Waals surface area contributed by atoms with Crippen LogP contribution in [0.15, 0.2) is 35.4 Å². The standard InChI is InChI=1S/C26H29N5O5/c1-4-5-13-31-23-22(21(26(34)36-3)24(31)29-12-7-10-27-11-14-29)28-17-30(25(23)33)16-20(32)18-8-6-9-19(15-18)35-2/h6,8-9,15,17,27H,7,10-14,16H2,1-3H3. The average Bonchev–Trinajstić information content (AvgIpc) is 3.03. The number of rotatable bonds is 7. The van der Waals surface area contributed by atoms with Crippen LogP contribution < -0.4 is 20.5 Å². The van der Waals surface area contributed by atoms with Crippen molar-refractivity contribution in [3.8, 4) is 17.6 Å². The molecule has 0 atom stereocenters. The number of carbonyl (C=O) groups is 2. The molecule has 36 heavy (non-hydrogen) atoms. The van der Waals surface area contributed by atoms with Crippen LogP contribution >= 0.6 is 0 Å². The molecule has 0 spiro atoms. The van der Waals surface area contributed by atoms with Gasteiger partial charge in [0.25, 0.3) is 5.56 Å². The lowest BCUT2D eigenvalue weighted by Gasteiger charge is -2.24. The van der Waals surface area contributed by atoms with Gasteiger partial charge in [0, 0.05) is 25.2 Å². The quantitative estimate of drug-likeness (QED) is 0.302. The number of ketones is 1. The molecule has 0 aliphatic carbocycles. The molecule has 1 N–H and O–H groups in total. The molecule has 4 rings (SSSR count). The number of fused-ring (bicyclic) bond motifs is 1. The van der Waals surface area contributed by atoms with Gasteiger partial charge < -0.3 is 24.3 Å². The smallest absolute Gasteiger partial charge is 0.343 e. The van der Waals surface area contributed by atoms with Crippen LogP contribution in [-0.4, -0.2) is 66.3 Å². The number of hydrogen-bond donors (Lipinski definition) is 1. The van der Waals surface area contributed by atoms with Crippen LogP contribution in [0.25, 0.3) is 11.0 Å². The Morgan fingerprint density at radius 2 is 2.03 bits per heavy atom. The highest BCUT2D eigenvalue weighted by Crippen LogP contribution is 2.31.